The number of imidazole rings is 1. The molecular formula is C24H33N5O2. The molecule has 4 aliphatic rings. The van der Waals surface area contributed by atoms with Gasteiger partial charge in [-0.15, -0.1) is 0 Å². The van der Waals surface area contributed by atoms with E-state index in [4.69, 9.17) is 0 Å². The van der Waals surface area contributed by atoms with Gasteiger partial charge in [0.15, 0.2) is 0 Å². The van der Waals surface area contributed by atoms with Crippen molar-refractivity contribution in [2.24, 2.45) is 23.2 Å². The van der Waals surface area contributed by atoms with Gasteiger partial charge in [0.1, 0.15) is 17.0 Å². The first-order chi connectivity index (χ1) is 14.9. The second-order valence-corrected chi connectivity index (χ2v) is 10.2. The minimum atomic E-state index is -0.0994. The van der Waals surface area contributed by atoms with Gasteiger partial charge in [-0.1, -0.05) is 19.9 Å². The van der Waals surface area contributed by atoms with Gasteiger partial charge in [0.25, 0.3) is 11.8 Å². The van der Waals surface area contributed by atoms with Crippen LogP contribution in [0, 0.1) is 23.2 Å². The summed E-state index contributed by atoms with van der Waals surface area (Å²) in [6.45, 7) is 6.89. The van der Waals surface area contributed by atoms with Crippen molar-refractivity contribution < 1.29 is 9.59 Å². The molecule has 166 valence electrons. The van der Waals surface area contributed by atoms with Crippen molar-refractivity contribution in [2.75, 3.05) is 26.7 Å². The highest BCUT2D eigenvalue weighted by Crippen LogP contribution is 2.61. The van der Waals surface area contributed by atoms with Gasteiger partial charge in [-0.05, 0) is 68.0 Å². The Balaban J connectivity index is 1.30. The standard InChI is InChI=1S/C24H33N5O2/c1-24(2)16-8-7-15(18(24)11-16)12-26-22(30)20-5-4-6-21-27-19(14-29(20)21)23(31)28-10-9-17(13-28)25-3/h4-6,14-18,25H,7-13H2,1-3H3,(H,26,30)/t15-,16-,17?,18-/m0/s1. The van der Waals surface area contributed by atoms with Gasteiger partial charge in [0.2, 0.25) is 0 Å². The molecule has 7 heteroatoms. The number of likely N-dealkylation sites (tertiary alicyclic amines) is 1. The maximum absolute atomic E-state index is 13.0. The molecule has 0 aromatic carbocycles. The molecule has 4 atom stereocenters. The van der Waals surface area contributed by atoms with Gasteiger partial charge in [-0.25, -0.2) is 4.98 Å². The number of aromatic nitrogens is 2. The molecular weight excluding hydrogens is 390 g/mol. The molecule has 0 radical (unpaired) electrons. The van der Waals surface area contributed by atoms with Gasteiger partial charge >= 0.3 is 0 Å². The third kappa shape index (κ3) is 3.43. The van der Waals surface area contributed by atoms with E-state index in [0.29, 0.717) is 46.9 Å². The normalized spacial score (nSPS) is 29.1. The van der Waals surface area contributed by atoms with Crippen molar-refractivity contribution >= 4 is 17.5 Å². The van der Waals surface area contributed by atoms with Crippen molar-refractivity contribution in [1.29, 1.82) is 0 Å². The first kappa shape index (κ1) is 20.5. The van der Waals surface area contributed by atoms with Crippen molar-refractivity contribution in [3.05, 3.63) is 35.8 Å². The summed E-state index contributed by atoms with van der Waals surface area (Å²) in [6.07, 6.45) is 6.44. The van der Waals surface area contributed by atoms with Gasteiger partial charge in [0, 0.05) is 31.9 Å². The van der Waals surface area contributed by atoms with Crippen molar-refractivity contribution in [3.8, 4) is 0 Å². The van der Waals surface area contributed by atoms with E-state index in [1.54, 1.807) is 16.7 Å². The third-order valence-electron chi connectivity index (χ3n) is 8.35. The lowest BCUT2D eigenvalue weighted by Gasteiger charge is -2.60. The first-order valence-corrected chi connectivity index (χ1v) is 11.6. The highest BCUT2D eigenvalue weighted by molar-refractivity contribution is 5.95. The molecule has 2 aromatic rings. The number of fused-ring (bicyclic) bond motifs is 3. The van der Waals surface area contributed by atoms with Gasteiger partial charge in [-0.3, -0.25) is 14.0 Å². The van der Waals surface area contributed by atoms with Gasteiger partial charge in [0.05, 0.1) is 0 Å². The van der Waals surface area contributed by atoms with Crippen LogP contribution >= 0.6 is 0 Å². The second-order valence-electron chi connectivity index (χ2n) is 10.2. The van der Waals surface area contributed by atoms with Crippen molar-refractivity contribution in [3.63, 3.8) is 0 Å². The Labute approximate surface area is 183 Å². The van der Waals surface area contributed by atoms with E-state index < -0.39 is 0 Å². The summed E-state index contributed by atoms with van der Waals surface area (Å²) < 4.78 is 1.75. The summed E-state index contributed by atoms with van der Waals surface area (Å²) in [6, 6.07) is 5.80. The van der Waals surface area contributed by atoms with E-state index >= 15 is 0 Å². The molecule has 0 spiro atoms. The Morgan fingerprint density at radius 3 is 2.77 bits per heavy atom. The van der Waals surface area contributed by atoms with Crippen LogP contribution in [0.15, 0.2) is 24.4 Å². The Bertz CT molecular complexity index is 1010. The molecule has 6 rings (SSSR count). The predicted octanol–water partition coefficient (Wildman–Crippen LogP) is 2.57. The molecule has 1 unspecified atom stereocenters. The second kappa shape index (κ2) is 7.62. The molecule has 2 amide bonds. The number of carbonyl (C=O) groups is 2. The molecule has 3 saturated carbocycles. The first-order valence-electron chi connectivity index (χ1n) is 11.6. The number of rotatable bonds is 5. The fourth-order valence-corrected chi connectivity index (χ4v) is 6.16. The molecule has 2 N–H and O–H groups in total. The molecule has 7 nitrogen and oxygen atoms in total. The van der Waals surface area contributed by atoms with E-state index in [1.165, 1.54) is 19.3 Å². The molecule has 3 heterocycles. The Morgan fingerprint density at radius 2 is 2.06 bits per heavy atom. The van der Waals surface area contributed by atoms with Crippen molar-refractivity contribution in [2.45, 2.75) is 45.6 Å². The zero-order chi connectivity index (χ0) is 21.8. The highest BCUT2D eigenvalue weighted by Gasteiger charge is 2.53. The topological polar surface area (TPSA) is 78.7 Å². The zero-order valence-corrected chi connectivity index (χ0v) is 18.7. The van der Waals surface area contributed by atoms with E-state index in [1.807, 2.05) is 24.1 Å². The van der Waals surface area contributed by atoms with E-state index in [2.05, 4.69) is 29.5 Å². The molecule has 4 fully saturated rings. The van der Waals surface area contributed by atoms with Crippen LogP contribution < -0.4 is 10.6 Å². The van der Waals surface area contributed by atoms with Gasteiger partial charge in [-0.2, -0.15) is 0 Å². The fraction of sp³-hybridized carbons (Fsp3) is 0.625. The summed E-state index contributed by atoms with van der Waals surface area (Å²) in [5.74, 6) is 1.95. The third-order valence-corrected chi connectivity index (χ3v) is 8.35. The SMILES string of the molecule is CNC1CCN(C(=O)c2cn3c(C(=O)NC[C@@H]4CC[C@H]5C[C@@H]4C5(C)C)cccc3n2)C1. The summed E-state index contributed by atoms with van der Waals surface area (Å²) in [4.78, 5) is 32.3. The maximum atomic E-state index is 13.0. The summed E-state index contributed by atoms with van der Waals surface area (Å²) in [5.41, 5.74) is 1.96. The van der Waals surface area contributed by atoms with E-state index in [9.17, 15) is 9.59 Å². The molecule has 2 bridgehead atoms. The van der Waals surface area contributed by atoms with Crippen LogP contribution in [0.4, 0.5) is 0 Å². The zero-order valence-electron chi connectivity index (χ0n) is 18.7. The van der Waals surface area contributed by atoms with Crippen LogP contribution in [0.25, 0.3) is 5.65 Å². The lowest BCUT2D eigenvalue weighted by Crippen LogP contribution is -2.54. The Kier molecular flexibility index (Phi) is 5.04. The molecule has 1 saturated heterocycles. The maximum Gasteiger partial charge on any atom is 0.274 e. The molecule has 3 aliphatic carbocycles. The number of likely N-dealkylation sites (N-methyl/N-ethyl adjacent to an activating group) is 1. The minimum absolute atomic E-state index is 0.0724. The number of amides is 2. The van der Waals surface area contributed by atoms with E-state index in [-0.39, 0.29) is 11.8 Å². The molecule has 2 aromatic heterocycles. The average molecular weight is 424 g/mol. The number of nitrogens with one attached hydrogen (secondary N) is 2. The lowest BCUT2D eigenvalue weighted by atomic mass is 9.45. The number of hydrogen-bond donors (Lipinski definition) is 2. The smallest absolute Gasteiger partial charge is 0.274 e. The summed E-state index contributed by atoms with van der Waals surface area (Å²) in [5, 5.41) is 6.40. The van der Waals surface area contributed by atoms with Crippen LogP contribution in [0.1, 0.15) is 60.5 Å². The number of pyridine rings is 1. The van der Waals surface area contributed by atoms with Crippen LogP contribution in [0.5, 0.6) is 0 Å². The largest absolute Gasteiger partial charge is 0.350 e. The van der Waals surface area contributed by atoms with Crippen LogP contribution in [-0.4, -0.2) is 58.8 Å². The Hall–Kier alpha value is -2.41. The lowest BCUT2D eigenvalue weighted by molar-refractivity contribution is -0.103. The van der Waals surface area contributed by atoms with Crippen LogP contribution in [0.2, 0.25) is 0 Å². The predicted molar refractivity (Wildman–Crippen MR) is 119 cm³/mol. The van der Waals surface area contributed by atoms with Crippen LogP contribution in [-0.2, 0) is 0 Å². The average Bonchev–Trinajstić information content (AvgIpc) is 3.43. The Morgan fingerprint density at radius 1 is 1.23 bits per heavy atom. The number of nitrogens with zero attached hydrogens (tertiary/aromatic N) is 3. The summed E-state index contributed by atoms with van der Waals surface area (Å²) >= 11 is 0. The van der Waals surface area contributed by atoms with Gasteiger partial charge < -0.3 is 15.5 Å². The van der Waals surface area contributed by atoms with Crippen LogP contribution in [0.3, 0.4) is 0 Å². The fourth-order valence-electron chi connectivity index (χ4n) is 6.16. The summed E-state index contributed by atoms with van der Waals surface area (Å²) in [7, 11) is 1.92. The quantitative estimate of drug-likeness (QED) is 0.775. The molecule has 1 aliphatic heterocycles. The highest BCUT2D eigenvalue weighted by atomic mass is 16.2. The number of carbonyl (C=O) groups excluding carboxylic acids is 2. The number of hydrogen-bond acceptors (Lipinski definition) is 4. The van der Waals surface area contributed by atoms with E-state index in [0.717, 1.165) is 25.4 Å². The minimum Gasteiger partial charge on any atom is -0.350 e. The van der Waals surface area contributed by atoms with Crippen molar-refractivity contribution in [1.82, 2.24) is 24.9 Å². The monoisotopic (exact) mass is 423 g/mol. The molecule has 31 heavy (non-hydrogen) atoms.